The summed E-state index contributed by atoms with van der Waals surface area (Å²) in [6, 6.07) is 6.12. The first kappa shape index (κ1) is 18.7. The third-order valence-electron chi connectivity index (χ3n) is 4.54. The number of imidazole rings is 1. The number of nitrogens with one attached hydrogen (secondary N) is 2. The highest BCUT2D eigenvalue weighted by Crippen LogP contribution is 2.12. The third kappa shape index (κ3) is 5.19. The lowest BCUT2D eigenvalue weighted by molar-refractivity contribution is 0.0888. The van der Waals surface area contributed by atoms with Gasteiger partial charge in [0.1, 0.15) is 5.65 Å². The minimum Gasteiger partial charge on any atom is -0.381 e. The standard InChI is InChI=1S/C19H29N5O2/c1-15-5-3-6-18-23-17(12-24(15)18)11-22-19(20-2)21-8-4-9-25-13-16-7-10-26-14-16/h3,5-6,12,16H,4,7-11,13-14H2,1-2H3,(H2,20,21,22). The number of guanidine groups is 1. The molecule has 1 aliphatic heterocycles. The number of pyridine rings is 1. The number of nitrogens with zero attached hydrogens (tertiary/aromatic N) is 3. The average Bonchev–Trinajstić information content (AvgIpc) is 3.30. The molecule has 2 N–H and O–H groups in total. The number of hydrogen-bond donors (Lipinski definition) is 2. The number of fused-ring (bicyclic) bond motifs is 1. The van der Waals surface area contributed by atoms with E-state index in [1.54, 1.807) is 7.05 Å². The van der Waals surface area contributed by atoms with Gasteiger partial charge in [0, 0.05) is 44.6 Å². The van der Waals surface area contributed by atoms with Crippen LogP contribution in [0.3, 0.4) is 0 Å². The average molecular weight is 359 g/mol. The molecule has 7 nitrogen and oxygen atoms in total. The molecule has 1 unspecified atom stereocenters. The zero-order valence-corrected chi connectivity index (χ0v) is 15.7. The topological polar surface area (TPSA) is 72.2 Å². The predicted octanol–water partition coefficient (Wildman–Crippen LogP) is 1.75. The summed E-state index contributed by atoms with van der Waals surface area (Å²) >= 11 is 0. The molecule has 3 rings (SSSR count). The highest BCUT2D eigenvalue weighted by Gasteiger charge is 2.15. The quantitative estimate of drug-likeness (QED) is 0.427. The van der Waals surface area contributed by atoms with Crippen LogP contribution < -0.4 is 10.6 Å². The molecular formula is C19H29N5O2. The minimum atomic E-state index is 0.575. The third-order valence-corrected chi connectivity index (χ3v) is 4.54. The van der Waals surface area contributed by atoms with Gasteiger partial charge in [-0.1, -0.05) is 6.07 Å². The van der Waals surface area contributed by atoms with Crippen LogP contribution in [0.15, 0.2) is 29.4 Å². The molecule has 0 aliphatic carbocycles. The van der Waals surface area contributed by atoms with Gasteiger partial charge in [0.25, 0.3) is 0 Å². The lowest BCUT2D eigenvalue weighted by atomic mass is 10.1. The zero-order chi connectivity index (χ0) is 18.2. The molecular weight excluding hydrogens is 330 g/mol. The molecule has 1 saturated heterocycles. The van der Waals surface area contributed by atoms with Crippen molar-refractivity contribution >= 4 is 11.6 Å². The maximum Gasteiger partial charge on any atom is 0.191 e. The fourth-order valence-electron chi connectivity index (χ4n) is 3.02. The first-order valence-electron chi connectivity index (χ1n) is 9.30. The smallest absolute Gasteiger partial charge is 0.191 e. The van der Waals surface area contributed by atoms with Gasteiger partial charge in [-0.25, -0.2) is 4.98 Å². The van der Waals surface area contributed by atoms with E-state index >= 15 is 0 Å². The number of rotatable bonds is 8. The van der Waals surface area contributed by atoms with E-state index in [1.165, 1.54) is 5.69 Å². The number of ether oxygens (including phenoxy) is 2. The van der Waals surface area contributed by atoms with Gasteiger partial charge < -0.3 is 24.5 Å². The van der Waals surface area contributed by atoms with Crippen LogP contribution in [0.4, 0.5) is 0 Å². The largest absolute Gasteiger partial charge is 0.381 e. The van der Waals surface area contributed by atoms with Gasteiger partial charge in [-0.15, -0.1) is 0 Å². The Morgan fingerprint density at radius 1 is 1.42 bits per heavy atom. The highest BCUT2D eigenvalue weighted by atomic mass is 16.5. The predicted molar refractivity (Wildman–Crippen MR) is 102 cm³/mol. The van der Waals surface area contributed by atoms with E-state index in [9.17, 15) is 0 Å². The van der Waals surface area contributed by atoms with Gasteiger partial charge in [0.15, 0.2) is 5.96 Å². The second-order valence-corrected chi connectivity index (χ2v) is 6.64. The Kier molecular flexibility index (Phi) is 6.85. The van der Waals surface area contributed by atoms with E-state index in [0.717, 1.165) is 63.1 Å². The van der Waals surface area contributed by atoms with Gasteiger partial charge in [-0.2, -0.15) is 0 Å². The summed E-state index contributed by atoms with van der Waals surface area (Å²) in [5.74, 6) is 1.36. The molecule has 0 aromatic carbocycles. The Morgan fingerprint density at radius 2 is 2.35 bits per heavy atom. The van der Waals surface area contributed by atoms with Gasteiger partial charge in [-0.05, 0) is 31.9 Å². The van der Waals surface area contributed by atoms with Crippen LogP contribution in [0.1, 0.15) is 24.2 Å². The summed E-state index contributed by atoms with van der Waals surface area (Å²) in [6.07, 6.45) is 4.13. The lowest BCUT2D eigenvalue weighted by Gasteiger charge is -2.12. The molecule has 7 heteroatoms. The molecule has 142 valence electrons. The van der Waals surface area contributed by atoms with E-state index in [0.29, 0.717) is 12.5 Å². The lowest BCUT2D eigenvalue weighted by Crippen LogP contribution is -2.37. The van der Waals surface area contributed by atoms with Gasteiger partial charge in [0.05, 0.1) is 25.5 Å². The van der Waals surface area contributed by atoms with Crippen LogP contribution in [0.2, 0.25) is 0 Å². The van der Waals surface area contributed by atoms with E-state index in [1.807, 2.05) is 12.1 Å². The Balaban J connectivity index is 1.34. The van der Waals surface area contributed by atoms with E-state index in [-0.39, 0.29) is 0 Å². The molecule has 1 fully saturated rings. The van der Waals surface area contributed by atoms with E-state index in [2.05, 4.69) is 44.2 Å². The van der Waals surface area contributed by atoms with Crippen LogP contribution in [0, 0.1) is 12.8 Å². The van der Waals surface area contributed by atoms with Crippen molar-refractivity contribution in [3.05, 3.63) is 35.8 Å². The molecule has 3 heterocycles. The molecule has 1 atom stereocenters. The summed E-state index contributed by atoms with van der Waals surface area (Å²) < 4.78 is 13.2. The van der Waals surface area contributed by atoms with Crippen molar-refractivity contribution in [1.82, 2.24) is 20.0 Å². The summed E-state index contributed by atoms with van der Waals surface area (Å²) in [4.78, 5) is 8.88. The molecule has 0 spiro atoms. The first-order chi connectivity index (χ1) is 12.8. The Hall–Kier alpha value is -2.12. The van der Waals surface area contributed by atoms with Crippen LogP contribution in [0.5, 0.6) is 0 Å². The van der Waals surface area contributed by atoms with Crippen molar-refractivity contribution in [3.8, 4) is 0 Å². The van der Waals surface area contributed by atoms with Crippen molar-refractivity contribution in [2.75, 3.05) is 40.0 Å². The monoisotopic (exact) mass is 359 g/mol. The summed E-state index contributed by atoms with van der Waals surface area (Å²) in [6.45, 7) is 6.82. The Morgan fingerprint density at radius 3 is 3.12 bits per heavy atom. The molecule has 1 aliphatic rings. The van der Waals surface area contributed by atoms with Crippen molar-refractivity contribution < 1.29 is 9.47 Å². The van der Waals surface area contributed by atoms with E-state index in [4.69, 9.17) is 9.47 Å². The van der Waals surface area contributed by atoms with Crippen LogP contribution in [-0.4, -0.2) is 55.4 Å². The molecule has 0 amide bonds. The minimum absolute atomic E-state index is 0.575. The van der Waals surface area contributed by atoms with Gasteiger partial charge in [-0.3, -0.25) is 4.99 Å². The van der Waals surface area contributed by atoms with E-state index < -0.39 is 0 Å². The van der Waals surface area contributed by atoms with Crippen molar-refractivity contribution in [1.29, 1.82) is 0 Å². The fourth-order valence-corrected chi connectivity index (χ4v) is 3.02. The Labute approximate surface area is 154 Å². The summed E-state index contributed by atoms with van der Waals surface area (Å²) in [5.41, 5.74) is 3.13. The SMILES string of the molecule is CN=C(NCCCOCC1CCOC1)NCc1cn2c(C)cccc2n1. The Bertz CT molecular complexity index is 722. The molecule has 0 saturated carbocycles. The first-order valence-corrected chi connectivity index (χ1v) is 9.30. The maximum absolute atomic E-state index is 5.71. The highest BCUT2D eigenvalue weighted by molar-refractivity contribution is 5.79. The molecule has 0 bridgehead atoms. The van der Waals surface area contributed by atoms with Crippen LogP contribution in [0.25, 0.3) is 5.65 Å². The summed E-state index contributed by atoms with van der Waals surface area (Å²) in [5, 5.41) is 6.62. The van der Waals surface area contributed by atoms with Crippen LogP contribution >= 0.6 is 0 Å². The molecule has 2 aromatic rings. The van der Waals surface area contributed by atoms with Crippen molar-refractivity contribution in [3.63, 3.8) is 0 Å². The second-order valence-electron chi connectivity index (χ2n) is 6.64. The number of aryl methyl sites for hydroxylation is 1. The van der Waals surface area contributed by atoms with Crippen molar-refractivity contribution in [2.24, 2.45) is 10.9 Å². The maximum atomic E-state index is 5.71. The second kappa shape index (κ2) is 9.54. The van der Waals surface area contributed by atoms with Gasteiger partial charge >= 0.3 is 0 Å². The summed E-state index contributed by atoms with van der Waals surface area (Å²) in [7, 11) is 1.78. The van der Waals surface area contributed by atoms with Crippen LogP contribution in [-0.2, 0) is 16.0 Å². The normalized spacial score (nSPS) is 17.8. The number of aliphatic imine (C=N–C) groups is 1. The molecule has 0 radical (unpaired) electrons. The molecule has 26 heavy (non-hydrogen) atoms. The molecule has 2 aromatic heterocycles. The van der Waals surface area contributed by atoms with Gasteiger partial charge in [0.2, 0.25) is 0 Å². The van der Waals surface area contributed by atoms with Crippen molar-refractivity contribution in [2.45, 2.75) is 26.3 Å². The number of aromatic nitrogens is 2. The number of hydrogen-bond acceptors (Lipinski definition) is 4. The fraction of sp³-hybridized carbons (Fsp3) is 0.579. The zero-order valence-electron chi connectivity index (χ0n) is 15.7.